The van der Waals surface area contributed by atoms with Gasteiger partial charge in [-0.05, 0) is 13.0 Å². The van der Waals surface area contributed by atoms with Gasteiger partial charge >= 0.3 is 0 Å². The molecule has 0 spiro atoms. The summed E-state index contributed by atoms with van der Waals surface area (Å²) < 4.78 is 28.9. The Labute approximate surface area is 144 Å². The van der Waals surface area contributed by atoms with Crippen LogP contribution in [-0.2, 0) is 10.0 Å². The maximum absolute atomic E-state index is 13.2. The third kappa shape index (κ3) is 2.51. The summed E-state index contributed by atoms with van der Waals surface area (Å²) in [7, 11) is -3.48. The molecule has 8 heteroatoms. The van der Waals surface area contributed by atoms with E-state index in [4.69, 9.17) is 0 Å². The average molecular weight is 362 g/mol. The third-order valence-electron chi connectivity index (χ3n) is 4.33. The van der Waals surface area contributed by atoms with Crippen molar-refractivity contribution in [3.05, 3.63) is 41.5 Å². The number of nitrogens with one attached hydrogen (secondary N) is 1. The van der Waals surface area contributed by atoms with Crippen LogP contribution >= 0.6 is 11.3 Å². The SMILES string of the molecule is Cc1sc2ccccc2c1S(=O)(=O)N1CCN(c2ncc[nH]2)CC1. The van der Waals surface area contributed by atoms with E-state index in [2.05, 4.69) is 14.9 Å². The number of sulfonamides is 1. The number of H-pyrrole nitrogens is 1. The summed E-state index contributed by atoms with van der Waals surface area (Å²) >= 11 is 1.54. The van der Waals surface area contributed by atoms with Crippen molar-refractivity contribution in [2.24, 2.45) is 0 Å². The molecule has 1 aliphatic heterocycles. The van der Waals surface area contributed by atoms with Crippen molar-refractivity contribution >= 4 is 37.4 Å². The van der Waals surface area contributed by atoms with Crippen molar-refractivity contribution in [1.29, 1.82) is 0 Å². The second kappa shape index (κ2) is 5.87. The molecule has 4 rings (SSSR count). The van der Waals surface area contributed by atoms with E-state index < -0.39 is 10.0 Å². The number of anilines is 1. The highest BCUT2D eigenvalue weighted by Crippen LogP contribution is 2.35. The summed E-state index contributed by atoms with van der Waals surface area (Å²) in [4.78, 5) is 10.7. The first-order valence-corrected chi connectivity index (χ1v) is 10.1. The summed E-state index contributed by atoms with van der Waals surface area (Å²) in [6.07, 6.45) is 3.48. The lowest BCUT2D eigenvalue weighted by atomic mass is 10.2. The predicted octanol–water partition coefficient (Wildman–Crippen LogP) is 2.44. The highest BCUT2D eigenvalue weighted by molar-refractivity contribution is 7.89. The van der Waals surface area contributed by atoms with Crippen molar-refractivity contribution in [3.8, 4) is 0 Å². The average Bonchev–Trinajstić information content (AvgIpc) is 3.21. The van der Waals surface area contributed by atoms with Crippen LogP contribution in [0.1, 0.15) is 4.88 Å². The first-order chi connectivity index (χ1) is 11.6. The van der Waals surface area contributed by atoms with E-state index in [0.717, 1.165) is 20.9 Å². The molecule has 6 nitrogen and oxygen atoms in total. The Bertz CT molecular complexity index is 955. The Morgan fingerprint density at radius 3 is 2.62 bits per heavy atom. The number of nitrogens with zero attached hydrogens (tertiary/aromatic N) is 3. The van der Waals surface area contributed by atoms with E-state index in [1.54, 1.807) is 16.7 Å². The number of hydrogen-bond acceptors (Lipinski definition) is 5. The van der Waals surface area contributed by atoms with Crippen LogP contribution in [0.4, 0.5) is 5.95 Å². The van der Waals surface area contributed by atoms with Gasteiger partial charge in [0.15, 0.2) is 0 Å². The highest BCUT2D eigenvalue weighted by atomic mass is 32.2. The Morgan fingerprint density at radius 2 is 1.92 bits per heavy atom. The highest BCUT2D eigenvalue weighted by Gasteiger charge is 2.32. The summed E-state index contributed by atoms with van der Waals surface area (Å²) in [6.45, 7) is 4.08. The molecule has 1 N–H and O–H groups in total. The zero-order valence-electron chi connectivity index (χ0n) is 13.3. The summed E-state index contributed by atoms with van der Waals surface area (Å²) in [6, 6.07) is 7.70. The molecule has 0 unspecified atom stereocenters. The first kappa shape index (κ1) is 15.6. The van der Waals surface area contributed by atoms with Crippen LogP contribution in [-0.4, -0.2) is 48.9 Å². The van der Waals surface area contributed by atoms with Crippen LogP contribution in [0, 0.1) is 6.92 Å². The van der Waals surface area contributed by atoms with E-state index in [1.807, 2.05) is 31.2 Å². The van der Waals surface area contributed by atoms with Gasteiger partial charge in [0.1, 0.15) is 4.90 Å². The zero-order valence-corrected chi connectivity index (χ0v) is 14.9. The fraction of sp³-hybridized carbons (Fsp3) is 0.312. The van der Waals surface area contributed by atoms with Crippen molar-refractivity contribution in [1.82, 2.24) is 14.3 Å². The normalized spacial score (nSPS) is 16.8. The minimum Gasteiger partial charge on any atom is -0.340 e. The van der Waals surface area contributed by atoms with Gasteiger partial charge < -0.3 is 9.88 Å². The van der Waals surface area contributed by atoms with Crippen LogP contribution in [0.5, 0.6) is 0 Å². The third-order valence-corrected chi connectivity index (χ3v) is 7.64. The molecule has 0 radical (unpaired) electrons. The first-order valence-electron chi connectivity index (χ1n) is 7.80. The zero-order chi connectivity index (χ0) is 16.7. The molecule has 3 heterocycles. The lowest BCUT2D eigenvalue weighted by Crippen LogP contribution is -2.49. The summed E-state index contributed by atoms with van der Waals surface area (Å²) in [5.74, 6) is 0.796. The van der Waals surface area contributed by atoms with E-state index in [-0.39, 0.29) is 0 Å². The number of hydrogen-bond donors (Lipinski definition) is 1. The van der Waals surface area contributed by atoms with Gasteiger partial charge in [0.2, 0.25) is 16.0 Å². The predicted molar refractivity (Wildman–Crippen MR) is 96.1 cm³/mol. The van der Waals surface area contributed by atoms with E-state index in [0.29, 0.717) is 31.1 Å². The quantitative estimate of drug-likeness (QED) is 0.777. The molecule has 3 aromatic rings. The number of thiophene rings is 1. The van der Waals surface area contributed by atoms with Gasteiger partial charge in [0, 0.05) is 53.5 Å². The van der Waals surface area contributed by atoms with Gasteiger partial charge in [0.05, 0.1) is 0 Å². The van der Waals surface area contributed by atoms with E-state index in [1.165, 1.54) is 11.3 Å². The van der Waals surface area contributed by atoms with Crippen LogP contribution < -0.4 is 4.90 Å². The molecule has 0 atom stereocenters. The van der Waals surface area contributed by atoms with Crippen LogP contribution in [0.3, 0.4) is 0 Å². The number of benzene rings is 1. The number of fused-ring (bicyclic) bond motifs is 1. The van der Waals surface area contributed by atoms with Gasteiger partial charge in [-0.25, -0.2) is 13.4 Å². The maximum Gasteiger partial charge on any atom is 0.244 e. The fourth-order valence-corrected chi connectivity index (χ4v) is 6.35. The number of piperazine rings is 1. The number of aromatic amines is 1. The fourth-order valence-electron chi connectivity index (χ4n) is 3.16. The lowest BCUT2D eigenvalue weighted by Gasteiger charge is -2.33. The number of aryl methyl sites for hydroxylation is 1. The van der Waals surface area contributed by atoms with Gasteiger partial charge in [0.25, 0.3) is 0 Å². The monoisotopic (exact) mass is 362 g/mol. The van der Waals surface area contributed by atoms with Crippen LogP contribution in [0.25, 0.3) is 10.1 Å². The Hall–Kier alpha value is -1.90. The lowest BCUT2D eigenvalue weighted by molar-refractivity contribution is 0.383. The van der Waals surface area contributed by atoms with Gasteiger partial charge in [-0.3, -0.25) is 0 Å². The Morgan fingerprint density at radius 1 is 1.17 bits per heavy atom. The minimum atomic E-state index is -3.48. The van der Waals surface area contributed by atoms with Crippen LogP contribution in [0.2, 0.25) is 0 Å². The van der Waals surface area contributed by atoms with E-state index >= 15 is 0 Å². The van der Waals surface area contributed by atoms with Gasteiger partial charge in [-0.2, -0.15) is 4.31 Å². The largest absolute Gasteiger partial charge is 0.340 e. The number of rotatable bonds is 3. The van der Waals surface area contributed by atoms with Crippen molar-refractivity contribution in [3.63, 3.8) is 0 Å². The molecule has 1 aromatic carbocycles. The molecule has 0 amide bonds. The maximum atomic E-state index is 13.2. The molecular formula is C16H18N4O2S2. The molecule has 2 aromatic heterocycles. The second-order valence-corrected chi connectivity index (χ2v) is 8.92. The van der Waals surface area contributed by atoms with E-state index in [9.17, 15) is 8.42 Å². The van der Waals surface area contributed by atoms with Crippen molar-refractivity contribution < 1.29 is 8.42 Å². The molecule has 0 aliphatic carbocycles. The standard InChI is InChI=1S/C16H18N4O2S2/c1-12-15(13-4-2-3-5-14(13)23-12)24(21,22)20-10-8-19(9-11-20)16-17-6-7-18-16/h2-7H,8-11H2,1H3,(H,17,18). The molecule has 0 saturated carbocycles. The molecule has 126 valence electrons. The summed E-state index contributed by atoms with van der Waals surface area (Å²) in [5, 5.41) is 0.827. The number of imidazole rings is 1. The Balaban J connectivity index is 1.63. The topological polar surface area (TPSA) is 69.3 Å². The molecule has 1 fully saturated rings. The molecule has 0 bridgehead atoms. The van der Waals surface area contributed by atoms with Gasteiger partial charge in [-0.15, -0.1) is 11.3 Å². The minimum absolute atomic E-state index is 0.465. The summed E-state index contributed by atoms with van der Waals surface area (Å²) in [5.41, 5.74) is 0. The molecular weight excluding hydrogens is 344 g/mol. The smallest absolute Gasteiger partial charge is 0.244 e. The Kier molecular flexibility index (Phi) is 3.82. The molecule has 1 aliphatic rings. The molecule has 24 heavy (non-hydrogen) atoms. The van der Waals surface area contributed by atoms with Crippen molar-refractivity contribution in [2.75, 3.05) is 31.1 Å². The van der Waals surface area contributed by atoms with Crippen LogP contribution in [0.15, 0.2) is 41.6 Å². The van der Waals surface area contributed by atoms with Gasteiger partial charge in [-0.1, -0.05) is 18.2 Å². The van der Waals surface area contributed by atoms with Crippen molar-refractivity contribution in [2.45, 2.75) is 11.8 Å². The number of aromatic nitrogens is 2. The second-order valence-electron chi connectivity index (χ2n) is 5.79. The molecule has 1 saturated heterocycles.